The summed E-state index contributed by atoms with van der Waals surface area (Å²) in [5.74, 6) is 0. The van der Waals surface area contributed by atoms with Gasteiger partial charge in [0, 0.05) is 0 Å². The minimum atomic E-state index is -4.27. The Hall–Kier alpha value is 1.47. The van der Waals surface area contributed by atoms with Crippen LogP contribution in [0.2, 0.25) is 0 Å². The van der Waals surface area contributed by atoms with Crippen LogP contribution in [-0.2, 0) is 10.1 Å². The van der Waals surface area contributed by atoms with Crippen molar-refractivity contribution in [2.24, 2.45) is 0 Å². The zero-order valence-electron chi connectivity index (χ0n) is 4.56. The Kier molecular flexibility index (Phi) is 8.46. The second-order valence-corrected chi connectivity index (χ2v) is 3.20. The van der Waals surface area contributed by atoms with E-state index in [0.717, 1.165) is 0 Å². The molecule has 0 saturated heterocycles. The van der Waals surface area contributed by atoms with E-state index in [1.165, 1.54) is 0 Å². The molecule has 0 bridgehead atoms. The molecule has 0 atom stereocenters. The standard InChI is InChI=1S/C3H8O5S.K.H/c4-1-3(2-5)9(6,7)8;;/h3-5H,1-2H2,(H,6,7,8);;. The molecule has 0 unspecified atom stereocenters. The summed E-state index contributed by atoms with van der Waals surface area (Å²) in [5.41, 5.74) is 0. The summed E-state index contributed by atoms with van der Waals surface area (Å²) >= 11 is 0. The summed E-state index contributed by atoms with van der Waals surface area (Å²) in [4.78, 5) is 0. The fourth-order valence-electron chi connectivity index (χ4n) is 0.246. The molecule has 5 nitrogen and oxygen atoms in total. The first-order valence-electron chi connectivity index (χ1n) is 2.20. The van der Waals surface area contributed by atoms with Crippen molar-refractivity contribution in [2.45, 2.75) is 5.25 Å². The van der Waals surface area contributed by atoms with E-state index in [1.54, 1.807) is 0 Å². The SMILES string of the molecule is O=S(=O)(O)C(CO)CO.[KH]. The van der Waals surface area contributed by atoms with Crippen molar-refractivity contribution in [1.82, 2.24) is 0 Å². The molecule has 0 aromatic carbocycles. The molecule has 0 aromatic heterocycles. The molecular weight excluding hydrogens is 187 g/mol. The van der Waals surface area contributed by atoms with Crippen molar-refractivity contribution < 1.29 is 23.2 Å². The van der Waals surface area contributed by atoms with E-state index in [9.17, 15) is 8.42 Å². The Morgan fingerprint density at radius 2 is 1.50 bits per heavy atom. The van der Waals surface area contributed by atoms with Gasteiger partial charge in [0.1, 0.15) is 5.25 Å². The molecule has 0 aliphatic carbocycles. The Bertz CT molecular complexity index is 160. The molecule has 7 heteroatoms. The van der Waals surface area contributed by atoms with Crippen molar-refractivity contribution in [3.8, 4) is 0 Å². The third kappa shape index (κ3) is 5.16. The molecule has 0 aliphatic rings. The molecule has 0 spiro atoms. The van der Waals surface area contributed by atoms with Crippen molar-refractivity contribution in [3.05, 3.63) is 0 Å². The van der Waals surface area contributed by atoms with Crippen LogP contribution < -0.4 is 0 Å². The average molecular weight is 196 g/mol. The van der Waals surface area contributed by atoms with Gasteiger partial charge in [-0.3, -0.25) is 4.55 Å². The predicted molar refractivity (Wildman–Crippen MR) is 36.7 cm³/mol. The van der Waals surface area contributed by atoms with Gasteiger partial charge in [-0.15, -0.1) is 0 Å². The van der Waals surface area contributed by atoms with Gasteiger partial charge in [-0.05, 0) is 0 Å². The molecular formula is C3H9KO5S. The Morgan fingerprint density at radius 1 is 1.20 bits per heavy atom. The van der Waals surface area contributed by atoms with E-state index >= 15 is 0 Å². The van der Waals surface area contributed by atoms with E-state index in [-0.39, 0.29) is 51.4 Å². The Labute approximate surface area is 102 Å². The molecule has 0 aliphatic heterocycles. The van der Waals surface area contributed by atoms with Crippen molar-refractivity contribution >= 4 is 61.5 Å². The first kappa shape index (κ1) is 14.0. The number of rotatable bonds is 3. The summed E-state index contributed by atoms with van der Waals surface area (Å²) in [6.07, 6.45) is 0. The van der Waals surface area contributed by atoms with Crippen molar-refractivity contribution in [1.29, 1.82) is 0 Å². The quantitative estimate of drug-likeness (QED) is 0.345. The third-order valence-corrected chi connectivity index (χ3v) is 1.97. The van der Waals surface area contributed by atoms with Gasteiger partial charge < -0.3 is 10.2 Å². The first-order chi connectivity index (χ1) is 4.02. The van der Waals surface area contributed by atoms with Crippen molar-refractivity contribution in [3.63, 3.8) is 0 Å². The number of aliphatic hydroxyl groups excluding tert-OH is 2. The molecule has 0 saturated carbocycles. The van der Waals surface area contributed by atoms with Crippen LogP contribution in [0.25, 0.3) is 0 Å². The summed E-state index contributed by atoms with van der Waals surface area (Å²) < 4.78 is 28.2. The predicted octanol–water partition coefficient (Wildman–Crippen LogP) is -2.42. The molecule has 0 amide bonds. The van der Waals surface area contributed by atoms with Crippen LogP contribution in [-0.4, -0.2) is 93.0 Å². The maximum atomic E-state index is 10.0. The normalized spacial score (nSPS) is 11.2. The Morgan fingerprint density at radius 3 is 1.50 bits per heavy atom. The van der Waals surface area contributed by atoms with Crippen LogP contribution >= 0.6 is 0 Å². The van der Waals surface area contributed by atoms with E-state index in [2.05, 4.69) is 0 Å². The van der Waals surface area contributed by atoms with Crippen molar-refractivity contribution in [2.75, 3.05) is 13.2 Å². The zero-order valence-corrected chi connectivity index (χ0v) is 5.37. The summed E-state index contributed by atoms with van der Waals surface area (Å²) in [5, 5.41) is 14.9. The molecule has 3 N–H and O–H groups in total. The topological polar surface area (TPSA) is 94.8 Å². The van der Waals surface area contributed by atoms with Gasteiger partial charge in [0.15, 0.2) is 0 Å². The average Bonchev–Trinajstić information content (AvgIpc) is 1.65. The van der Waals surface area contributed by atoms with Crippen LogP contribution in [0.5, 0.6) is 0 Å². The summed E-state index contributed by atoms with van der Waals surface area (Å²) in [6, 6.07) is 0. The van der Waals surface area contributed by atoms with Gasteiger partial charge in [-0.2, -0.15) is 8.42 Å². The second-order valence-electron chi connectivity index (χ2n) is 1.50. The maximum absolute atomic E-state index is 10.0. The molecule has 0 radical (unpaired) electrons. The second kappa shape index (κ2) is 6.04. The molecule has 58 valence electrons. The molecule has 0 heterocycles. The fraction of sp³-hybridized carbons (Fsp3) is 1.00. The van der Waals surface area contributed by atoms with E-state index in [1.807, 2.05) is 0 Å². The monoisotopic (exact) mass is 196 g/mol. The van der Waals surface area contributed by atoms with Gasteiger partial charge in [-0.1, -0.05) is 0 Å². The minimum absolute atomic E-state index is 0. The summed E-state index contributed by atoms with van der Waals surface area (Å²) in [6.45, 7) is -1.54. The number of hydrogen-bond donors (Lipinski definition) is 3. The van der Waals surface area contributed by atoms with Gasteiger partial charge in [-0.25, -0.2) is 0 Å². The van der Waals surface area contributed by atoms with Gasteiger partial charge >= 0.3 is 51.4 Å². The molecule has 0 fully saturated rings. The van der Waals surface area contributed by atoms with Crippen LogP contribution in [0, 0.1) is 0 Å². The first-order valence-corrected chi connectivity index (χ1v) is 3.70. The van der Waals surface area contributed by atoms with Crippen LogP contribution in [0.4, 0.5) is 0 Å². The number of aliphatic hydroxyl groups is 2. The van der Waals surface area contributed by atoms with Crippen LogP contribution in [0.3, 0.4) is 0 Å². The van der Waals surface area contributed by atoms with Crippen LogP contribution in [0.15, 0.2) is 0 Å². The Balaban J connectivity index is 0. The van der Waals surface area contributed by atoms with E-state index in [0.29, 0.717) is 0 Å². The molecule has 0 aromatic rings. The fourth-order valence-corrected chi connectivity index (χ4v) is 0.623. The van der Waals surface area contributed by atoms with E-state index < -0.39 is 28.6 Å². The zero-order chi connectivity index (χ0) is 7.49. The third-order valence-electron chi connectivity index (χ3n) is 0.829. The number of hydrogen-bond acceptors (Lipinski definition) is 4. The van der Waals surface area contributed by atoms with Gasteiger partial charge in [0.25, 0.3) is 10.1 Å². The van der Waals surface area contributed by atoms with Gasteiger partial charge in [0.2, 0.25) is 0 Å². The molecule has 0 rings (SSSR count). The molecule has 10 heavy (non-hydrogen) atoms. The summed E-state index contributed by atoms with van der Waals surface area (Å²) in [7, 11) is -4.27. The van der Waals surface area contributed by atoms with Gasteiger partial charge in [0.05, 0.1) is 13.2 Å². The van der Waals surface area contributed by atoms with E-state index in [4.69, 9.17) is 14.8 Å². The van der Waals surface area contributed by atoms with Crippen LogP contribution in [0.1, 0.15) is 0 Å².